The molecule has 7 aromatic rings. The highest BCUT2D eigenvalue weighted by Crippen LogP contribution is 2.35. The summed E-state index contributed by atoms with van der Waals surface area (Å²) in [6, 6.07) is 23.3. The van der Waals surface area contributed by atoms with E-state index in [4.69, 9.17) is 10.1 Å². The Kier molecular flexibility index (Phi) is 21.2. The number of unbranched alkanes of at least 4 members (excludes halogenated alkanes) is 12. The first-order chi connectivity index (χ1) is 41.3. The zero-order chi connectivity index (χ0) is 61.1. The number of hydrogen-bond donors (Lipinski definition) is 5. The highest BCUT2D eigenvalue weighted by molar-refractivity contribution is 7.22. The van der Waals surface area contributed by atoms with Crippen LogP contribution in [-0.4, -0.2) is 101 Å². The van der Waals surface area contributed by atoms with Crippen molar-refractivity contribution < 1.29 is 34.2 Å². The molecule has 1 fully saturated rings. The molecule has 2 aliphatic heterocycles. The molecule has 19 heteroatoms. The van der Waals surface area contributed by atoms with E-state index in [0.29, 0.717) is 48.0 Å². The van der Waals surface area contributed by atoms with E-state index in [1.54, 1.807) is 11.3 Å². The van der Waals surface area contributed by atoms with Crippen molar-refractivity contribution >= 4 is 73.4 Å². The van der Waals surface area contributed by atoms with Crippen LogP contribution >= 0.6 is 22.7 Å². The molecule has 1 saturated heterocycles. The number of nitrogens with zero attached hydrogens (tertiary/aromatic N) is 7. The van der Waals surface area contributed by atoms with Crippen LogP contribution in [0, 0.1) is 26.2 Å². The maximum Gasteiger partial charge on any atom is 0.355 e. The van der Waals surface area contributed by atoms with Crippen LogP contribution in [0.15, 0.2) is 84.4 Å². The van der Waals surface area contributed by atoms with Gasteiger partial charge in [-0.15, -0.1) is 11.3 Å². The van der Waals surface area contributed by atoms with Gasteiger partial charge in [-0.05, 0) is 105 Å². The van der Waals surface area contributed by atoms with Crippen LogP contribution in [0.4, 0.5) is 10.9 Å². The summed E-state index contributed by atoms with van der Waals surface area (Å²) in [7, 11) is 0. The number of carboxylic acids is 1. The number of rotatable bonds is 27. The summed E-state index contributed by atoms with van der Waals surface area (Å²) in [5.41, 5.74) is 10.6. The lowest BCUT2D eigenvalue weighted by Crippen LogP contribution is -2.57. The van der Waals surface area contributed by atoms with Crippen molar-refractivity contribution in [2.24, 2.45) is 5.41 Å². The second kappa shape index (κ2) is 28.9. The van der Waals surface area contributed by atoms with Gasteiger partial charge in [-0.25, -0.2) is 19.7 Å². The molecule has 0 bridgehead atoms. The van der Waals surface area contributed by atoms with Crippen molar-refractivity contribution in [3.63, 3.8) is 0 Å². The SMILES string of the molecule is Cc1ncsc1-c1ccc(C(C)NC(=O)[C@@H]2C[C@@H](O)CN2C(=O)C(NC(=O)CCCCCCCCCCCCCCCn2nc(C)c(-c3ccc(N4CCc5cccc(C(=O)Nc6nc7ccccc7s6)c5C4)nc3C(=O)O)c2C)C(C)(C)C)cc1. The highest BCUT2D eigenvalue weighted by atomic mass is 32.1. The number of carbonyl (C=O) groups excluding carboxylic acids is 4. The minimum atomic E-state index is -1.10. The van der Waals surface area contributed by atoms with E-state index in [2.05, 4.69) is 25.9 Å². The monoisotopic (exact) mass is 1200 g/mol. The molecule has 6 heterocycles. The number of aliphatic hydroxyl groups excluding tert-OH is 1. The number of aryl methyl sites for hydroxylation is 3. The van der Waals surface area contributed by atoms with Crippen LogP contribution in [-0.2, 0) is 33.9 Å². The molecule has 86 heavy (non-hydrogen) atoms. The molecule has 9 rings (SSSR count). The molecule has 2 aliphatic rings. The number of hydrogen-bond acceptors (Lipinski definition) is 13. The summed E-state index contributed by atoms with van der Waals surface area (Å²) in [4.78, 5) is 85.9. The number of pyridine rings is 1. The molecule has 3 aromatic carbocycles. The van der Waals surface area contributed by atoms with Gasteiger partial charge in [0.1, 0.15) is 17.9 Å². The van der Waals surface area contributed by atoms with Crippen LogP contribution in [0.2, 0.25) is 0 Å². The van der Waals surface area contributed by atoms with Crippen LogP contribution < -0.4 is 20.9 Å². The van der Waals surface area contributed by atoms with Crippen LogP contribution in [0.25, 0.3) is 31.8 Å². The molecule has 4 amide bonds. The third-order valence-electron chi connectivity index (χ3n) is 16.9. The van der Waals surface area contributed by atoms with Gasteiger partial charge >= 0.3 is 5.97 Å². The van der Waals surface area contributed by atoms with Crippen molar-refractivity contribution in [1.29, 1.82) is 0 Å². The zero-order valence-corrected chi connectivity index (χ0v) is 52.6. The molecule has 0 aliphatic carbocycles. The number of carboxylic acid groups (broad SMARTS) is 1. The van der Waals surface area contributed by atoms with Gasteiger partial charge in [-0.2, -0.15) is 5.10 Å². The first-order valence-electron chi connectivity index (χ1n) is 30.7. The quantitative estimate of drug-likeness (QED) is 0.0303. The van der Waals surface area contributed by atoms with Gasteiger partial charge in [0, 0.05) is 61.4 Å². The minimum absolute atomic E-state index is 0.0201. The standard InChI is InChI=1S/C67H84N10O7S2/c1-42(46-29-31-48(32-30-46)60-44(3)68-41-85-60)69-63(81)54-38-49(78)39-76(54)64(82)61(67(5,6)7)72-57(79)28-19-17-15-13-11-9-8-10-12-14-16-18-22-36-77-45(4)58(43(2)74-77)51-33-34-56(71-59(51)65(83)84)75-37-35-47-24-23-25-50(52(47)40-75)62(80)73-66-70-53-26-20-21-27-55(53)86-66/h20-21,23-27,29-34,41-42,49,54,61,78H,8-19,22,28,35-40H2,1-7H3,(H,69,81)(H,72,79)(H,83,84)(H,70,73,80)/t42?,49-,54+,61?/m1/s1. The van der Waals surface area contributed by atoms with Crippen LogP contribution in [0.1, 0.15) is 185 Å². The normalized spacial score (nSPS) is 15.8. The molecule has 0 radical (unpaired) electrons. The Morgan fingerprint density at radius 1 is 0.779 bits per heavy atom. The van der Waals surface area contributed by atoms with E-state index in [-0.39, 0.29) is 48.3 Å². The van der Waals surface area contributed by atoms with Crippen molar-refractivity contribution in [3.05, 3.63) is 129 Å². The van der Waals surface area contributed by atoms with Gasteiger partial charge in [0.25, 0.3) is 5.91 Å². The van der Waals surface area contributed by atoms with E-state index < -0.39 is 29.6 Å². The maximum absolute atomic E-state index is 14.2. The lowest BCUT2D eigenvalue weighted by molar-refractivity contribution is -0.144. The minimum Gasteiger partial charge on any atom is -0.476 e. The van der Waals surface area contributed by atoms with Gasteiger partial charge < -0.3 is 30.6 Å². The van der Waals surface area contributed by atoms with E-state index in [9.17, 15) is 34.2 Å². The summed E-state index contributed by atoms with van der Waals surface area (Å²) in [5.74, 6) is -1.65. The van der Waals surface area contributed by atoms with Crippen molar-refractivity contribution in [2.45, 2.75) is 189 Å². The first-order valence-corrected chi connectivity index (χ1v) is 32.4. The molecule has 17 nitrogen and oxygen atoms in total. The number of thiazole rings is 2. The number of carbonyl (C=O) groups is 5. The van der Waals surface area contributed by atoms with Gasteiger partial charge in [0.15, 0.2) is 10.8 Å². The van der Waals surface area contributed by atoms with Gasteiger partial charge in [-0.3, -0.25) is 29.2 Å². The maximum atomic E-state index is 14.2. The Morgan fingerprint density at radius 3 is 2.13 bits per heavy atom. The number of aliphatic hydroxyl groups is 1. The zero-order valence-electron chi connectivity index (χ0n) is 50.9. The second-order valence-electron chi connectivity index (χ2n) is 24.4. The predicted molar refractivity (Wildman–Crippen MR) is 342 cm³/mol. The van der Waals surface area contributed by atoms with Gasteiger partial charge in [0.05, 0.1) is 44.1 Å². The molecule has 456 valence electrons. The largest absolute Gasteiger partial charge is 0.476 e. The predicted octanol–water partition coefficient (Wildman–Crippen LogP) is 12.9. The van der Waals surface area contributed by atoms with Crippen molar-refractivity contribution in [1.82, 2.24) is 40.3 Å². The van der Waals surface area contributed by atoms with Gasteiger partial charge in [0.2, 0.25) is 17.7 Å². The second-order valence-corrected chi connectivity index (χ2v) is 26.3. The summed E-state index contributed by atoms with van der Waals surface area (Å²) in [5, 5.41) is 35.7. The fraction of sp³-hybridized carbons (Fsp3) is 0.478. The van der Waals surface area contributed by atoms with E-state index in [0.717, 1.165) is 111 Å². The molecule has 0 spiro atoms. The molecule has 0 saturated carbocycles. The summed E-state index contributed by atoms with van der Waals surface area (Å²) in [6.07, 6.45) is 14.6. The van der Waals surface area contributed by atoms with Crippen LogP contribution in [0.3, 0.4) is 0 Å². The third-order valence-corrected chi connectivity index (χ3v) is 18.9. The molecule has 4 aromatic heterocycles. The number of amides is 4. The Balaban J connectivity index is 0.641. The average molecular weight is 1210 g/mol. The average Bonchev–Trinajstić information content (AvgIpc) is 1.92. The number of para-hydroxylation sites is 1. The topological polar surface area (TPSA) is 225 Å². The Morgan fingerprint density at radius 2 is 1.47 bits per heavy atom. The number of aromatic carboxylic acids is 1. The highest BCUT2D eigenvalue weighted by Gasteiger charge is 2.45. The number of benzene rings is 3. The van der Waals surface area contributed by atoms with Gasteiger partial charge in [-0.1, -0.05) is 151 Å². The summed E-state index contributed by atoms with van der Waals surface area (Å²) in [6.45, 7) is 15.4. The number of likely N-dealkylation sites (tertiary alicyclic amines) is 1. The van der Waals surface area contributed by atoms with E-state index in [1.165, 1.54) is 54.8 Å². The summed E-state index contributed by atoms with van der Waals surface area (Å²) < 4.78 is 3.00. The molecule has 4 atom stereocenters. The third kappa shape index (κ3) is 15.6. The lowest BCUT2D eigenvalue weighted by atomic mass is 9.85. The number of aromatic nitrogens is 5. The van der Waals surface area contributed by atoms with Crippen molar-refractivity contribution in [2.75, 3.05) is 23.3 Å². The first kappa shape index (κ1) is 63.2. The lowest BCUT2D eigenvalue weighted by Gasteiger charge is -2.35. The molecule has 2 unspecified atom stereocenters. The number of fused-ring (bicyclic) bond motifs is 2. The fourth-order valence-corrected chi connectivity index (χ4v) is 13.8. The van der Waals surface area contributed by atoms with Crippen molar-refractivity contribution in [3.8, 4) is 21.6 Å². The van der Waals surface area contributed by atoms with E-state index in [1.807, 2.05) is 142 Å². The number of anilines is 2. The molecular formula is C67H84N10O7S2. The number of nitrogens with one attached hydrogen (secondary N) is 3. The number of β-amino-alcohol motifs (C(OH)–C–C–N with tert-alkyl or cyclic N) is 1. The molecule has 5 N–H and O–H groups in total. The fourth-order valence-electron chi connectivity index (χ4n) is 12.1. The Labute approximate surface area is 513 Å². The van der Waals surface area contributed by atoms with Crippen LogP contribution in [0.5, 0.6) is 0 Å². The van der Waals surface area contributed by atoms with E-state index >= 15 is 0 Å². The summed E-state index contributed by atoms with van der Waals surface area (Å²) >= 11 is 3.02. The Bertz CT molecular complexity index is 3480. The molecular weight excluding hydrogens is 1120 g/mol. The Hall–Kier alpha value is -7.35. The smallest absolute Gasteiger partial charge is 0.355 e.